The van der Waals surface area contributed by atoms with E-state index in [1.807, 2.05) is 13.0 Å². The van der Waals surface area contributed by atoms with Crippen molar-refractivity contribution in [3.05, 3.63) is 92.5 Å². The van der Waals surface area contributed by atoms with Crippen molar-refractivity contribution in [1.29, 1.82) is 0 Å². The first-order valence-corrected chi connectivity index (χ1v) is 10.6. The largest absolute Gasteiger partial charge is 0.423 e. The second-order valence-corrected chi connectivity index (χ2v) is 7.96. The van der Waals surface area contributed by atoms with Gasteiger partial charge in [-0.05, 0) is 79.3 Å². The molecular formula is C25H25N3O4. The Morgan fingerprint density at radius 2 is 1.75 bits per heavy atom. The Kier molecular flexibility index (Phi) is 6.07. The summed E-state index contributed by atoms with van der Waals surface area (Å²) in [7, 11) is 0. The molecule has 3 aromatic carbocycles. The van der Waals surface area contributed by atoms with Crippen molar-refractivity contribution in [2.45, 2.75) is 33.2 Å². The molecule has 0 bridgehead atoms. The van der Waals surface area contributed by atoms with Crippen LogP contribution in [0.15, 0.2) is 54.6 Å². The lowest BCUT2D eigenvalue weighted by molar-refractivity contribution is -0.384. The van der Waals surface area contributed by atoms with Crippen molar-refractivity contribution in [2.24, 2.45) is 0 Å². The lowest BCUT2D eigenvalue weighted by Gasteiger charge is -2.22. The number of carbonyl (C=O) groups excluding carboxylic acids is 1. The molecule has 0 saturated heterocycles. The van der Waals surface area contributed by atoms with Gasteiger partial charge in [-0.15, -0.1) is 0 Å². The molecule has 0 fully saturated rings. The fourth-order valence-corrected chi connectivity index (χ4v) is 3.96. The van der Waals surface area contributed by atoms with Crippen LogP contribution in [-0.2, 0) is 13.0 Å². The second kappa shape index (κ2) is 9.09. The van der Waals surface area contributed by atoms with Gasteiger partial charge in [-0.3, -0.25) is 10.1 Å². The molecule has 0 radical (unpaired) electrons. The van der Waals surface area contributed by atoms with Crippen LogP contribution >= 0.6 is 0 Å². The number of anilines is 2. The number of aryl methyl sites for hydroxylation is 2. The smallest absolute Gasteiger partial charge is 0.343 e. The van der Waals surface area contributed by atoms with Gasteiger partial charge in [0.25, 0.3) is 5.69 Å². The maximum absolute atomic E-state index is 13.0. The first kappa shape index (κ1) is 21.4. The van der Waals surface area contributed by atoms with Crippen molar-refractivity contribution in [3.8, 4) is 5.75 Å². The number of esters is 1. The zero-order valence-corrected chi connectivity index (χ0v) is 18.1. The number of hydrogen-bond donors (Lipinski definition) is 2. The summed E-state index contributed by atoms with van der Waals surface area (Å²) < 4.78 is 5.54. The topological polar surface area (TPSA) is 93.5 Å². The fourth-order valence-electron chi connectivity index (χ4n) is 3.96. The van der Waals surface area contributed by atoms with Crippen molar-refractivity contribution in [3.63, 3.8) is 0 Å². The maximum atomic E-state index is 13.0. The van der Waals surface area contributed by atoms with Gasteiger partial charge in [-0.1, -0.05) is 12.1 Å². The van der Waals surface area contributed by atoms with Crippen LogP contribution in [0.25, 0.3) is 0 Å². The molecule has 0 unspecified atom stereocenters. The second-order valence-electron chi connectivity index (χ2n) is 7.96. The van der Waals surface area contributed by atoms with Gasteiger partial charge >= 0.3 is 5.97 Å². The first-order valence-electron chi connectivity index (χ1n) is 10.6. The fraction of sp³-hybridized carbons (Fsp3) is 0.240. The Labute approximate surface area is 186 Å². The third kappa shape index (κ3) is 4.56. The molecule has 1 aliphatic heterocycles. The Hall–Kier alpha value is -3.87. The minimum Gasteiger partial charge on any atom is -0.423 e. The van der Waals surface area contributed by atoms with Crippen LogP contribution in [0.1, 0.15) is 39.0 Å². The molecule has 0 spiro atoms. The average molecular weight is 431 g/mol. The SMILES string of the molecule is Cc1ccc2c(c1)NCc1c(C)ccc(C(=O)Oc3ccc([N+](=O)[O-])cc3)c1CCCN2. The standard InChI is InChI=1S/C25H25N3O4/c1-16-5-12-23-24(14-16)27-15-22-17(2)6-11-21(20(22)4-3-13-26-23)25(29)32-19-9-7-18(8-10-19)28(30)31/h5-12,14,26-27H,3-4,13,15H2,1-2H3. The van der Waals surface area contributed by atoms with E-state index in [1.165, 1.54) is 29.8 Å². The van der Waals surface area contributed by atoms with Crippen LogP contribution in [0.2, 0.25) is 0 Å². The van der Waals surface area contributed by atoms with E-state index < -0.39 is 10.9 Å². The summed E-state index contributed by atoms with van der Waals surface area (Å²) in [5, 5.41) is 17.8. The normalized spacial score (nSPS) is 13.1. The molecule has 3 aromatic rings. The quantitative estimate of drug-likeness (QED) is 0.250. The summed E-state index contributed by atoms with van der Waals surface area (Å²) in [5.41, 5.74) is 6.94. The number of benzene rings is 3. The van der Waals surface area contributed by atoms with Crippen molar-refractivity contribution in [2.75, 3.05) is 17.2 Å². The zero-order chi connectivity index (χ0) is 22.7. The zero-order valence-electron chi connectivity index (χ0n) is 18.1. The number of hydrogen-bond acceptors (Lipinski definition) is 6. The first-order chi connectivity index (χ1) is 15.4. The number of ether oxygens (including phenoxy) is 1. The summed E-state index contributed by atoms with van der Waals surface area (Å²) in [6.07, 6.45) is 1.60. The average Bonchev–Trinajstić information content (AvgIpc) is 2.77. The molecule has 2 N–H and O–H groups in total. The van der Waals surface area contributed by atoms with Crippen molar-refractivity contribution in [1.82, 2.24) is 0 Å². The Bertz CT molecular complexity index is 1170. The monoisotopic (exact) mass is 431 g/mol. The van der Waals surface area contributed by atoms with Crippen LogP contribution in [0, 0.1) is 24.0 Å². The third-order valence-corrected chi connectivity index (χ3v) is 5.69. The molecule has 0 aromatic heterocycles. The van der Waals surface area contributed by atoms with Gasteiger partial charge in [0, 0.05) is 25.2 Å². The number of nitrogens with zero attached hydrogens (tertiary/aromatic N) is 1. The minimum atomic E-state index is -0.485. The Morgan fingerprint density at radius 1 is 0.969 bits per heavy atom. The number of nitro benzene ring substituents is 1. The van der Waals surface area contributed by atoms with Crippen molar-refractivity contribution < 1.29 is 14.5 Å². The van der Waals surface area contributed by atoms with E-state index in [9.17, 15) is 14.9 Å². The van der Waals surface area contributed by atoms with E-state index in [0.29, 0.717) is 12.1 Å². The number of nitrogens with one attached hydrogen (secondary N) is 2. The van der Waals surface area contributed by atoms with Gasteiger partial charge < -0.3 is 15.4 Å². The molecule has 1 aliphatic rings. The number of nitro groups is 1. The van der Waals surface area contributed by atoms with Crippen LogP contribution in [0.4, 0.5) is 17.1 Å². The highest BCUT2D eigenvalue weighted by Crippen LogP contribution is 2.29. The summed E-state index contributed by atoms with van der Waals surface area (Å²) in [6, 6.07) is 15.6. The van der Waals surface area contributed by atoms with Gasteiger partial charge in [-0.25, -0.2) is 4.79 Å². The van der Waals surface area contributed by atoms with E-state index in [1.54, 1.807) is 6.07 Å². The van der Waals surface area contributed by atoms with Crippen molar-refractivity contribution >= 4 is 23.0 Å². The van der Waals surface area contributed by atoms with Gasteiger partial charge in [-0.2, -0.15) is 0 Å². The summed E-state index contributed by atoms with van der Waals surface area (Å²) in [5.74, 6) is -0.185. The number of non-ortho nitro benzene ring substituents is 1. The molecular weight excluding hydrogens is 406 g/mol. The highest BCUT2D eigenvalue weighted by atomic mass is 16.6. The minimum absolute atomic E-state index is 0.0494. The molecule has 0 aliphatic carbocycles. The molecule has 4 rings (SSSR count). The highest BCUT2D eigenvalue weighted by Gasteiger charge is 2.20. The Balaban J connectivity index is 1.63. The van der Waals surface area contributed by atoms with E-state index in [0.717, 1.165) is 47.5 Å². The van der Waals surface area contributed by atoms with E-state index in [2.05, 4.69) is 35.8 Å². The molecule has 164 valence electrons. The molecule has 0 amide bonds. The molecule has 7 nitrogen and oxygen atoms in total. The number of fused-ring (bicyclic) bond motifs is 2. The van der Waals surface area contributed by atoms with Gasteiger partial charge in [0.2, 0.25) is 0 Å². The Morgan fingerprint density at radius 3 is 2.50 bits per heavy atom. The summed E-state index contributed by atoms with van der Waals surface area (Å²) in [4.78, 5) is 23.4. The van der Waals surface area contributed by atoms with Gasteiger partial charge in [0.15, 0.2) is 0 Å². The lowest BCUT2D eigenvalue weighted by Crippen LogP contribution is -2.18. The molecule has 0 atom stereocenters. The highest BCUT2D eigenvalue weighted by molar-refractivity contribution is 5.93. The number of rotatable bonds is 3. The summed E-state index contributed by atoms with van der Waals surface area (Å²) >= 11 is 0. The molecule has 0 saturated carbocycles. The predicted octanol–water partition coefficient (Wildman–Crippen LogP) is 5.40. The lowest BCUT2D eigenvalue weighted by atomic mass is 9.92. The van der Waals surface area contributed by atoms with Crippen LogP contribution in [-0.4, -0.2) is 17.4 Å². The van der Waals surface area contributed by atoms with E-state index in [-0.39, 0.29) is 11.4 Å². The van der Waals surface area contributed by atoms with Crippen LogP contribution in [0.3, 0.4) is 0 Å². The summed E-state index contributed by atoms with van der Waals surface area (Å²) in [6.45, 7) is 5.49. The van der Waals surface area contributed by atoms with Crippen LogP contribution in [0.5, 0.6) is 5.75 Å². The molecule has 32 heavy (non-hydrogen) atoms. The molecule has 1 heterocycles. The van der Waals surface area contributed by atoms with Gasteiger partial charge in [0.05, 0.1) is 21.9 Å². The van der Waals surface area contributed by atoms with Gasteiger partial charge in [0.1, 0.15) is 5.75 Å². The predicted molar refractivity (Wildman–Crippen MR) is 125 cm³/mol. The third-order valence-electron chi connectivity index (χ3n) is 5.69. The van der Waals surface area contributed by atoms with Crippen LogP contribution < -0.4 is 15.4 Å². The number of carbonyl (C=O) groups is 1. The van der Waals surface area contributed by atoms with E-state index in [4.69, 9.17) is 4.74 Å². The molecule has 7 heteroatoms. The van der Waals surface area contributed by atoms with E-state index >= 15 is 0 Å². The maximum Gasteiger partial charge on any atom is 0.343 e.